The number of anilines is 1. The number of fused-ring (bicyclic) bond motifs is 2. The van der Waals surface area contributed by atoms with Crippen molar-refractivity contribution < 1.29 is 22.3 Å². The van der Waals surface area contributed by atoms with Gasteiger partial charge >= 0.3 is 0 Å². The number of sulfonamides is 1. The molecule has 0 saturated carbocycles. The van der Waals surface area contributed by atoms with Crippen LogP contribution in [0.2, 0.25) is 0 Å². The molecule has 0 aliphatic carbocycles. The normalized spacial score (nSPS) is 22.8. The molecule has 0 bridgehead atoms. The van der Waals surface area contributed by atoms with Crippen LogP contribution >= 0.6 is 0 Å². The van der Waals surface area contributed by atoms with Gasteiger partial charge in [0.25, 0.3) is 0 Å². The molecule has 172 valence electrons. The van der Waals surface area contributed by atoms with E-state index in [1.165, 1.54) is 10.4 Å². The van der Waals surface area contributed by atoms with Crippen LogP contribution in [0.5, 0.6) is 0 Å². The van der Waals surface area contributed by atoms with Crippen molar-refractivity contribution in [3.05, 3.63) is 59.9 Å². The van der Waals surface area contributed by atoms with Crippen molar-refractivity contribution in [3.8, 4) is 0 Å². The summed E-state index contributed by atoms with van der Waals surface area (Å²) in [6.45, 7) is 5.68. The fourth-order valence-corrected chi connectivity index (χ4v) is 6.56. The molecule has 0 unspecified atom stereocenters. The molecule has 2 fully saturated rings. The van der Waals surface area contributed by atoms with Crippen molar-refractivity contribution in [1.82, 2.24) is 9.21 Å². The third-order valence-electron chi connectivity index (χ3n) is 6.48. The van der Waals surface area contributed by atoms with Crippen molar-refractivity contribution in [2.75, 3.05) is 63.9 Å². The number of halogens is 1. The fourth-order valence-electron chi connectivity index (χ4n) is 4.82. The molecule has 0 amide bonds. The molecule has 9 heteroatoms. The lowest BCUT2D eigenvalue weighted by molar-refractivity contribution is -0.176. The van der Waals surface area contributed by atoms with E-state index in [1.807, 2.05) is 12.1 Å². The van der Waals surface area contributed by atoms with Crippen molar-refractivity contribution in [3.63, 3.8) is 0 Å². The number of hydrogen-bond acceptors (Lipinski definition) is 6. The van der Waals surface area contributed by atoms with Gasteiger partial charge in [-0.15, -0.1) is 0 Å². The lowest BCUT2D eigenvalue weighted by Gasteiger charge is -2.40. The van der Waals surface area contributed by atoms with Crippen LogP contribution in [0.25, 0.3) is 0 Å². The number of benzene rings is 2. The Labute approximate surface area is 188 Å². The summed E-state index contributed by atoms with van der Waals surface area (Å²) in [6.07, 6.45) is 0.720. The Hall–Kier alpha value is -2.04. The van der Waals surface area contributed by atoms with E-state index in [-0.39, 0.29) is 17.3 Å². The molecule has 2 aromatic carbocycles. The maximum atomic E-state index is 13.5. The van der Waals surface area contributed by atoms with Crippen molar-refractivity contribution in [2.24, 2.45) is 0 Å². The van der Waals surface area contributed by atoms with Crippen molar-refractivity contribution in [2.45, 2.75) is 17.1 Å². The van der Waals surface area contributed by atoms with E-state index in [0.29, 0.717) is 25.3 Å². The first-order valence-electron chi connectivity index (χ1n) is 11.1. The number of rotatable bonds is 5. The van der Waals surface area contributed by atoms with E-state index in [9.17, 15) is 12.8 Å². The van der Waals surface area contributed by atoms with Crippen LogP contribution in [0.4, 0.5) is 10.1 Å². The van der Waals surface area contributed by atoms with Gasteiger partial charge in [-0.05, 0) is 37.2 Å². The molecule has 0 N–H and O–H groups in total. The van der Waals surface area contributed by atoms with Crippen LogP contribution in [0.3, 0.4) is 0 Å². The Balaban J connectivity index is 1.20. The second-order valence-electron chi connectivity index (χ2n) is 8.45. The lowest BCUT2D eigenvalue weighted by atomic mass is 10.1. The molecular formula is C23H28FN3O4S. The minimum absolute atomic E-state index is 0.180. The van der Waals surface area contributed by atoms with E-state index in [1.54, 1.807) is 30.3 Å². The first-order valence-corrected chi connectivity index (χ1v) is 12.5. The summed E-state index contributed by atoms with van der Waals surface area (Å²) < 4.78 is 53.3. The van der Waals surface area contributed by atoms with E-state index in [4.69, 9.17) is 9.47 Å². The van der Waals surface area contributed by atoms with Gasteiger partial charge in [0.2, 0.25) is 15.8 Å². The summed E-state index contributed by atoms with van der Waals surface area (Å²) >= 11 is 0. The highest BCUT2D eigenvalue weighted by molar-refractivity contribution is 7.89. The molecule has 0 atom stereocenters. The Bertz CT molecular complexity index is 1070. The average molecular weight is 462 g/mol. The summed E-state index contributed by atoms with van der Waals surface area (Å²) in [5, 5.41) is 0. The quantitative estimate of drug-likeness (QED) is 0.681. The van der Waals surface area contributed by atoms with Crippen molar-refractivity contribution in [1.29, 1.82) is 0 Å². The summed E-state index contributed by atoms with van der Waals surface area (Å²) in [6, 6.07) is 13.7. The number of ether oxygens (including phenoxy) is 2. The number of piperazine rings is 1. The maximum absolute atomic E-state index is 13.5. The minimum atomic E-state index is -3.59. The molecule has 32 heavy (non-hydrogen) atoms. The van der Waals surface area contributed by atoms with Gasteiger partial charge < -0.3 is 14.4 Å². The van der Waals surface area contributed by atoms with E-state index >= 15 is 0 Å². The Kier molecular flexibility index (Phi) is 5.94. The summed E-state index contributed by atoms with van der Waals surface area (Å²) in [5.41, 5.74) is 1.51. The molecule has 0 radical (unpaired) electrons. The van der Waals surface area contributed by atoms with Crippen LogP contribution in [0.15, 0.2) is 53.4 Å². The predicted molar refractivity (Wildman–Crippen MR) is 118 cm³/mol. The Morgan fingerprint density at radius 2 is 1.69 bits per heavy atom. The van der Waals surface area contributed by atoms with Crippen molar-refractivity contribution >= 4 is 15.7 Å². The molecule has 3 aliphatic heterocycles. The first kappa shape index (κ1) is 21.8. The van der Waals surface area contributed by atoms with Gasteiger partial charge in [0.1, 0.15) is 5.82 Å². The van der Waals surface area contributed by atoms with Gasteiger partial charge in [0.05, 0.1) is 24.7 Å². The fraction of sp³-hybridized carbons (Fsp3) is 0.478. The van der Waals surface area contributed by atoms with Gasteiger partial charge in [-0.3, -0.25) is 4.90 Å². The highest BCUT2D eigenvalue weighted by Gasteiger charge is 2.50. The first-order chi connectivity index (χ1) is 15.5. The minimum Gasteiger partial charge on any atom is -0.369 e. The number of nitrogens with zero attached hydrogens (tertiary/aromatic N) is 3. The Morgan fingerprint density at radius 3 is 2.44 bits per heavy atom. The van der Waals surface area contributed by atoms with E-state index in [2.05, 4.69) is 9.80 Å². The molecule has 2 aromatic rings. The highest BCUT2D eigenvalue weighted by Crippen LogP contribution is 2.41. The maximum Gasteiger partial charge on any atom is 0.243 e. The molecule has 3 heterocycles. The third-order valence-corrected chi connectivity index (χ3v) is 8.38. The summed E-state index contributed by atoms with van der Waals surface area (Å²) in [4.78, 5) is 4.79. The molecule has 5 rings (SSSR count). The lowest BCUT2D eigenvalue weighted by Crippen LogP contribution is -2.51. The molecule has 3 aliphatic rings. The summed E-state index contributed by atoms with van der Waals surface area (Å²) in [7, 11) is -3.59. The second-order valence-corrected chi connectivity index (χ2v) is 10.4. The zero-order valence-electron chi connectivity index (χ0n) is 18.0. The molecule has 0 aromatic heterocycles. The smallest absolute Gasteiger partial charge is 0.243 e. The topological polar surface area (TPSA) is 62.3 Å². The van der Waals surface area contributed by atoms with Gasteiger partial charge in [-0.1, -0.05) is 24.3 Å². The number of hydrogen-bond donors (Lipinski definition) is 0. The van der Waals surface area contributed by atoms with Gasteiger partial charge in [-0.2, -0.15) is 4.31 Å². The van der Waals surface area contributed by atoms with Crippen LogP contribution in [0.1, 0.15) is 12.0 Å². The monoisotopic (exact) mass is 461 g/mol. The predicted octanol–water partition coefficient (Wildman–Crippen LogP) is 2.24. The zero-order chi connectivity index (χ0) is 22.2. The van der Waals surface area contributed by atoms with Crippen LogP contribution in [-0.2, 0) is 25.3 Å². The van der Waals surface area contributed by atoms with Crippen LogP contribution in [-0.4, -0.2) is 76.6 Å². The van der Waals surface area contributed by atoms with Gasteiger partial charge in [0, 0.05) is 44.0 Å². The SMILES string of the molecule is O=S1(=O)c2ccccc2C2(CN1CCCN1CCN(c3cccc(F)c3)CC1)OCCO2. The third kappa shape index (κ3) is 4.04. The Morgan fingerprint density at radius 1 is 0.938 bits per heavy atom. The molecular weight excluding hydrogens is 433 g/mol. The molecule has 7 nitrogen and oxygen atoms in total. The summed E-state index contributed by atoms with van der Waals surface area (Å²) in [5.74, 6) is -1.22. The highest BCUT2D eigenvalue weighted by atomic mass is 32.2. The molecule has 1 spiro atoms. The molecule has 2 saturated heterocycles. The van der Waals surface area contributed by atoms with Gasteiger partial charge in [-0.25, -0.2) is 12.8 Å². The second kappa shape index (κ2) is 8.72. The van der Waals surface area contributed by atoms with E-state index in [0.717, 1.165) is 44.8 Å². The standard InChI is InChI=1S/C23H28FN3O4S/c24-19-5-3-6-20(17-19)26-13-11-25(12-14-26)9-4-10-27-18-23(30-15-16-31-23)21-7-1-2-8-22(21)32(27,28)29/h1-3,5-8,17H,4,9-16,18H2. The zero-order valence-corrected chi connectivity index (χ0v) is 18.8. The average Bonchev–Trinajstić information content (AvgIpc) is 3.27. The van der Waals surface area contributed by atoms with E-state index < -0.39 is 15.8 Å². The van der Waals surface area contributed by atoms with Gasteiger partial charge in [0.15, 0.2) is 0 Å². The van der Waals surface area contributed by atoms with Crippen LogP contribution in [0, 0.1) is 5.82 Å². The van der Waals surface area contributed by atoms with Crippen LogP contribution < -0.4 is 4.90 Å². The largest absolute Gasteiger partial charge is 0.369 e.